The number of piperidine rings is 1. The van der Waals surface area contributed by atoms with Crippen molar-refractivity contribution in [1.29, 1.82) is 0 Å². The number of carbonyl (C=O) groups is 1. The number of amides is 1. The van der Waals surface area contributed by atoms with E-state index in [9.17, 15) is 4.79 Å². The number of hydrogen-bond donors (Lipinski definition) is 2. The summed E-state index contributed by atoms with van der Waals surface area (Å²) in [6.45, 7) is 6.24. The van der Waals surface area contributed by atoms with Gasteiger partial charge in [-0.15, -0.1) is 0 Å². The molecule has 3 N–H and O–H groups in total. The van der Waals surface area contributed by atoms with E-state index >= 15 is 0 Å². The lowest BCUT2D eigenvalue weighted by Gasteiger charge is -2.56. The molecule has 4 aliphatic rings. The fraction of sp³-hybridized carbons (Fsp3) is 0.500. The van der Waals surface area contributed by atoms with Crippen LogP contribution in [0.5, 0.6) is 0 Å². The van der Waals surface area contributed by atoms with Crippen LogP contribution in [0.25, 0.3) is 11.1 Å². The van der Waals surface area contributed by atoms with Gasteiger partial charge >= 0.3 is 0 Å². The standard InChI is InChI=1S/C24H28ClN5O2/c25-19-20(29-9-6-24(7-10-29)5-8-27-22(24)31)18(11-28-21(19)26)16-1-3-17(4-2-16)30-12-23(13-30)14-32-15-23/h1-4,11H,5-10,12-15H2,(H2,26,28)(H,27,31). The topological polar surface area (TPSA) is 83.7 Å². The third-order valence-corrected chi connectivity index (χ3v) is 8.21. The molecule has 1 aromatic heterocycles. The Morgan fingerprint density at radius 1 is 1.06 bits per heavy atom. The lowest BCUT2D eigenvalue weighted by molar-refractivity contribution is -0.128. The van der Waals surface area contributed by atoms with Crippen molar-refractivity contribution in [2.45, 2.75) is 19.3 Å². The number of ether oxygens (including phenoxy) is 1. The van der Waals surface area contributed by atoms with Crippen molar-refractivity contribution in [2.75, 3.05) is 61.5 Å². The second kappa shape index (κ2) is 7.25. The van der Waals surface area contributed by atoms with Gasteiger partial charge in [-0.1, -0.05) is 23.7 Å². The van der Waals surface area contributed by atoms with Crippen molar-refractivity contribution < 1.29 is 9.53 Å². The zero-order valence-electron chi connectivity index (χ0n) is 18.1. The minimum Gasteiger partial charge on any atom is -0.382 e. The third kappa shape index (κ3) is 3.05. The van der Waals surface area contributed by atoms with Gasteiger partial charge in [0.05, 0.1) is 29.7 Å². The highest BCUT2D eigenvalue weighted by atomic mass is 35.5. The smallest absolute Gasteiger partial charge is 0.226 e. The van der Waals surface area contributed by atoms with Crippen LogP contribution < -0.4 is 20.9 Å². The molecule has 1 aromatic carbocycles. The molecular weight excluding hydrogens is 426 g/mol. The molecule has 6 rings (SSSR count). The molecule has 5 heterocycles. The largest absolute Gasteiger partial charge is 0.382 e. The molecule has 168 valence electrons. The highest BCUT2D eigenvalue weighted by Crippen LogP contribution is 2.45. The van der Waals surface area contributed by atoms with Crippen LogP contribution in [-0.4, -0.2) is 56.8 Å². The van der Waals surface area contributed by atoms with Crippen molar-refractivity contribution in [2.24, 2.45) is 10.8 Å². The number of carbonyl (C=O) groups excluding carboxylic acids is 1. The highest BCUT2D eigenvalue weighted by Gasteiger charge is 2.49. The number of hydrogen-bond acceptors (Lipinski definition) is 6. The summed E-state index contributed by atoms with van der Waals surface area (Å²) in [6.07, 6.45) is 4.40. The van der Waals surface area contributed by atoms with Gasteiger partial charge in [-0.2, -0.15) is 0 Å². The second-order valence-corrected chi connectivity index (χ2v) is 10.3. The van der Waals surface area contributed by atoms with Gasteiger partial charge in [0.1, 0.15) is 10.8 Å². The monoisotopic (exact) mass is 453 g/mol. The Morgan fingerprint density at radius 2 is 1.78 bits per heavy atom. The van der Waals surface area contributed by atoms with Gasteiger partial charge in [0.15, 0.2) is 0 Å². The summed E-state index contributed by atoms with van der Waals surface area (Å²) in [5, 5.41) is 3.50. The average molecular weight is 454 g/mol. The number of anilines is 3. The van der Waals surface area contributed by atoms with Crippen LogP contribution in [-0.2, 0) is 9.53 Å². The maximum absolute atomic E-state index is 12.4. The summed E-state index contributed by atoms with van der Waals surface area (Å²) >= 11 is 6.70. The number of pyridine rings is 1. The number of nitrogens with one attached hydrogen (secondary N) is 1. The van der Waals surface area contributed by atoms with Crippen LogP contribution in [0.2, 0.25) is 5.02 Å². The van der Waals surface area contributed by atoms with Crippen LogP contribution in [0.4, 0.5) is 17.2 Å². The number of aromatic nitrogens is 1. The molecule has 4 aliphatic heterocycles. The quantitative estimate of drug-likeness (QED) is 0.743. The first-order valence-corrected chi connectivity index (χ1v) is 11.8. The van der Waals surface area contributed by atoms with Crippen molar-refractivity contribution in [1.82, 2.24) is 10.3 Å². The number of rotatable bonds is 3. The molecule has 0 bridgehead atoms. The summed E-state index contributed by atoms with van der Waals surface area (Å²) in [5.41, 5.74) is 10.5. The zero-order valence-corrected chi connectivity index (χ0v) is 18.8. The summed E-state index contributed by atoms with van der Waals surface area (Å²) in [7, 11) is 0. The predicted octanol–water partition coefficient (Wildman–Crippen LogP) is 2.93. The van der Waals surface area contributed by atoms with Crippen LogP contribution in [0.3, 0.4) is 0 Å². The van der Waals surface area contributed by atoms with Crippen molar-refractivity contribution >= 4 is 34.7 Å². The average Bonchev–Trinajstić information content (AvgIpc) is 3.09. The van der Waals surface area contributed by atoms with E-state index in [4.69, 9.17) is 22.1 Å². The first-order chi connectivity index (χ1) is 15.5. The van der Waals surface area contributed by atoms with E-state index in [0.717, 1.165) is 82.0 Å². The Labute approximate surface area is 192 Å². The minimum atomic E-state index is -0.219. The Kier molecular flexibility index (Phi) is 4.56. The molecule has 2 spiro atoms. The summed E-state index contributed by atoms with van der Waals surface area (Å²) < 4.78 is 5.39. The molecule has 8 heteroatoms. The van der Waals surface area contributed by atoms with Crippen molar-refractivity contribution in [3.8, 4) is 11.1 Å². The Balaban J connectivity index is 1.25. The molecular formula is C24H28ClN5O2. The highest BCUT2D eigenvalue weighted by molar-refractivity contribution is 6.36. The molecule has 0 saturated carbocycles. The molecule has 4 fully saturated rings. The van der Waals surface area contributed by atoms with E-state index in [1.165, 1.54) is 5.69 Å². The normalized spacial score (nSPS) is 23.2. The lowest BCUT2D eigenvalue weighted by atomic mass is 9.77. The molecule has 2 aromatic rings. The van der Waals surface area contributed by atoms with E-state index in [2.05, 4.69) is 44.4 Å². The third-order valence-electron chi connectivity index (χ3n) is 7.84. The fourth-order valence-corrected chi connectivity index (χ4v) is 6.00. The molecule has 1 amide bonds. The van der Waals surface area contributed by atoms with Gasteiger partial charge in [0, 0.05) is 50.2 Å². The van der Waals surface area contributed by atoms with Crippen molar-refractivity contribution in [3.63, 3.8) is 0 Å². The number of nitrogens with two attached hydrogens (primary N) is 1. The molecule has 0 radical (unpaired) electrons. The minimum absolute atomic E-state index is 0.203. The molecule has 0 aliphatic carbocycles. The van der Waals surface area contributed by atoms with E-state index < -0.39 is 0 Å². The zero-order chi connectivity index (χ0) is 21.9. The predicted molar refractivity (Wildman–Crippen MR) is 126 cm³/mol. The Morgan fingerprint density at radius 3 is 2.38 bits per heavy atom. The lowest BCUT2D eigenvalue weighted by Crippen LogP contribution is -2.66. The van der Waals surface area contributed by atoms with E-state index in [-0.39, 0.29) is 11.3 Å². The number of nitrogen functional groups attached to an aromatic ring is 1. The Bertz CT molecular complexity index is 1050. The van der Waals surface area contributed by atoms with E-state index in [1.54, 1.807) is 0 Å². The molecule has 32 heavy (non-hydrogen) atoms. The van der Waals surface area contributed by atoms with Crippen LogP contribution in [0, 0.1) is 10.8 Å². The molecule has 4 saturated heterocycles. The second-order valence-electron chi connectivity index (χ2n) is 9.89. The van der Waals surface area contributed by atoms with Gasteiger partial charge in [-0.3, -0.25) is 4.79 Å². The fourth-order valence-electron chi connectivity index (χ4n) is 5.73. The molecule has 7 nitrogen and oxygen atoms in total. The van der Waals surface area contributed by atoms with Crippen LogP contribution in [0.1, 0.15) is 19.3 Å². The SMILES string of the molecule is Nc1ncc(-c2ccc(N3CC4(COC4)C3)cc2)c(N2CCC3(CCNC3=O)CC2)c1Cl. The van der Waals surface area contributed by atoms with Gasteiger partial charge in [-0.25, -0.2) is 4.98 Å². The van der Waals surface area contributed by atoms with Gasteiger partial charge < -0.3 is 25.6 Å². The maximum Gasteiger partial charge on any atom is 0.226 e. The summed E-state index contributed by atoms with van der Waals surface area (Å²) in [6, 6.07) is 8.62. The maximum atomic E-state index is 12.4. The first kappa shape index (κ1) is 20.1. The van der Waals surface area contributed by atoms with E-state index in [1.807, 2.05) is 6.20 Å². The van der Waals surface area contributed by atoms with Crippen LogP contribution >= 0.6 is 11.6 Å². The van der Waals surface area contributed by atoms with Gasteiger partial charge in [0.2, 0.25) is 5.91 Å². The molecule has 0 unspecified atom stereocenters. The number of halogens is 1. The summed E-state index contributed by atoms with van der Waals surface area (Å²) in [4.78, 5) is 21.4. The van der Waals surface area contributed by atoms with Gasteiger partial charge in [-0.05, 0) is 37.0 Å². The Hall–Kier alpha value is -2.51. The van der Waals surface area contributed by atoms with Gasteiger partial charge in [0.25, 0.3) is 0 Å². The summed E-state index contributed by atoms with van der Waals surface area (Å²) in [5.74, 6) is 0.545. The molecule has 0 atom stereocenters. The van der Waals surface area contributed by atoms with Crippen LogP contribution in [0.15, 0.2) is 30.5 Å². The first-order valence-electron chi connectivity index (χ1n) is 11.4. The number of benzene rings is 1. The van der Waals surface area contributed by atoms with Crippen molar-refractivity contribution in [3.05, 3.63) is 35.5 Å². The van der Waals surface area contributed by atoms with E-state index in [0.29, 0.717) is 16.3 Å². The number of nitrogens with zero attached hydrogens (tertiary/aromatic N) is 3.